The van der Waals surface area contributed by atoms with E-state index in [0.29, 0.717) is 18.8 Å². The monoisotopic (exact) mass is 362 g/mol. The molecule has 0 aliphatic carbocycles. The number of alkyl halides is 3. The number of anilines is 1. The second-order valence-electron chi connectivity index (χ2n) is 5.85. The summed E-state index contributed by atoms with van der Waals surface area (Å²) in [6, 6.07) is 0. The molecule has 0 aromatic carbocycles. The summed E-state index contributed by atoms with van der Waals surface area (Å²) in [5, 5.41) is 3.65. The Morgan fingerprint density at radius 3 is 2.71 bits per heavy atom. The van der Waals surface area contributed by atoms with Crippen molar-refractivity contribution in [2.24, 2.45) is 5.92 Å². The molecule has 10 heteroatoms. The van der Waals surface area contributed by atoms with Gasteiger partial charge in [0.15, 0.2) is 0 Å². The zero-order chi connectivity index (χ0) is 17.3. The zero-order valence-electron chi connectivity index (χ0n) is 12.8. The maximum atomic E-state index is 12.5. The van der Waals surface area contributed by atoms with Crippen LogP contribution in [0.15, 0.2) is 12.4 Å². The Hall–Kier alpha value is -1.71. The highest BCUT2D eigenvalue weighted by Crippen LogP contribution is 2.27. The van der Waals surface area contributed by atoms with Crippen LogP contribution in [0.4, 0.5) is 18.9 Å². The molecule has 2 aliphatic rings. The quantitative estimate of drug-likeness (QED) is 0.815. The van der Waals surface area contributed by atoms with Crippen molar-refractivity contribution >= 4 is 29.3 Å². The molecule has 0 bridgehead atoms. The van der Waals surface area contributed by atoms with Gasteiger partial charge in [0.1, 0.15) is 6.54 Å². The van der Waals surface area contributed by atoms with Crippen LogP contribution in [0.3, 0.4) is 0 Å². The van der Waals surface area contributed by atoms with E-state index in [1.807, 2.05) is 0 Å². The molecule has 0 spiro atoms. The number of hydrogen-bond donors (Lipinski definition) is 0. The summed E-state index contributed by atoms with van der Waals surface area (Å²) < 4.78 is 37.9. The molecule has 2 amide bonds. The molecule has 1 aromatic rings. The third-order valence-corrected chi connectivity index (χ3v) is 5.01. The van der Waals surface area contributed by atoms with Crippen molar-refractivity contribution in [2.45, 2.75) is 19.1 Å². The Labute approximate surface area is 141 Å². The molecule has 1 atom stereocenters. The summed E-state index contributed by atoms with van der Waals surface area (Å²) in [7, 11) is 0. The largest absolute Gasteiger partial charge is 0.408 e. The first-order valence-corrected chi connectivity index (χ1v) is 8.75. The third kappa shape index (κ3) is 3.85. The molecule has 1 aromatic heterocycles. The Morgan fingerprint density at radius 1 is 1.33 bits per heavy atom. The molecular weight excluding hydrogens is 345 g/mol. The number of thioether (sulfide) groups is 1. The fraction of sp³-hybridized carbons (Fsp3) is 0.643. The molecule has 6 nitrogen and oxygen atoms in total. The average molecular weight is 362 g/mol. The van der Waals surface area contributed by atoms with Crippen molar-refractivity contribution < 1.29 is 22.8 Å². The molecule has 0 saturated carbocycles. The van der Waals surface area contributed by atoms with Crippen LogP contribution in [0.1, 0.15) is 6.42 Å². The van der Waals surface area contributed by atoms with Crippen molar-refractivity contribution in [2.75, 3.05) is 36.0 Å². The fourth-order valence-corrected chi connectivity index (χ4v) is 3.83. The number of rotatable bonds is 3. The van der Waals surface area contributed by atoms with E-state index in [4.69, 9.17) is 0 Å². The normalized spacial score (nSPS) is 22.3. The first kappa shape index (κ1) is 17.1. The van der Waals surface area contributed by atoms with Gasteiger partial charge in [-0.25, -0.2) is 0 Å². The van der Waals surface area contributed by atoms with Gasteiger partial charge in [-0.1, -0.05) is 0 Å². The van der Waals surface area contributed by atoms with E-state index in [1.165, 1.54) is 17.3 Å². The molecule has 3 rings (SSSR count). The minimum Gasteiger partial charge on any atom is -0.341 e. The molecule has 0 N–H and O–H groups in total. The van der Waals surface area contributed by atoms with Gasteiger partial charge in [0.25, 0.3) is 0 Å². The SMILES string of the molecule is O=C(C1CC(=O)N(c2cnn(CC(F)(F)F)c2)C1)N1CCSCC1. The molecule has 2 saturated heterocycles. The number of amides is 2. The van der Waals surface area contributed by atoms with Crippen LogP contribution in [0.5, 0.6) is 0 Å². The van der Waals surface area contributed by atoms with Crippen molar-refractivity contribution in [1.29, 1.82) is 0 Å². The fourth-order valence-electron chi connectivity index (χ4n) is 2.93. The Balaban J connectivity index is 1.65. The molecule has 3 heterocycles. The van der Waals surface area contributed by atoms with Crippen LogP contribution >= 0.6 is 11.8 Å². The number of carbonyl (C=O) groups is 2. The maximum absolute atomic E-state index is 12.5. The van der Waals surface area contributed by atoms with E-state index in [1.54, 1.807) is 16.7 Å². The van der Waals surface area contributed by atoms with Crippen LogP contribution in [0, 0.1) is 5.92 Å². The van der Waals surface area contributed by atoms with Gasteiger partial charge in [-0.2, -0.15) is 30.0 Å². The van der Waals surface area contributed by atoms with Gasteiger partial charge < -0.3 is 9.80 Å². The van der Waals surface area contributed by atoms with Gasteiger partial charge in [0.05, 0.1) is 17.8 Å². The predicted molar refractivity (Wildman–Crippen MR) is 82.6 cm³/mol. The number of hydrogen-bond acceptors (Lipinski definition) is 4. The number of aromatic nitrogens is 2. The molecule has 132 valence electrons. The molecule has 24 heavy (non-hydrogen) atoms. The molecule has 0 radical (unpaired) electrons. The molecular formula is C14H17F3N4O2S. The van der Waals surface area contributed by atoms with Crippen LogP contribution in [-0.4, -0.2) is 63.8 Å². The summed E-state index contributed by atoms with van der Waals surface area (Å²) in [6.07, 6.45) is -1.86. The number of carbonyl (C=O) groups excluding carboxylic acids is 2. The highest BCUT2D eigenvalue weighted by atomic mass is 32.2. The summed E-state index contributed by atoms with van der Waals surface area (Å²) in [4.78, 5) is 27.8. The highest BCUT2D eigenvalue weighted by molar-refractivity contribution is 7.99. The van der Waals surface area contributed by atoms with Gasteiger partial charge in [-0.05, 0) is 0 Å². The summed E-state index contributed by atoms with van der Waals surface area (Å²) in [5.74, 6) is 1.03. The van der Waals surface area contributed by atoms with Crippen molar-refractivity contribution in [3.63, 3.8) is 0 Å². The van der Waals surface area contributed by atoms with Crippen molar-refractivity contribution in [3.05, 3.63) is 12.4 Å². The minimum absolute atomic E-state index is 0.0474. The molecule has 2 aliphatic heterocycles. The second-order valence-corrected chi connectivity index (χ2v) is 7.08. The first-order valence-electron chi connectivity index (χ1n) is 7.59. The van der Waals surface area contributed by atoms with Gasteiger partial charge >= 0.3 is 6.18 Å². The Kier molecular flexibility index (Phi) is 4.75. The average Bonchev–Trinajstić information content (AvgIpc) is 3.12. The van der Waals surface area contributed by atoms with E-state index in [9.17, 15) is 22.8 Å². The van der Waals surface area contributed by atoms with E-state index < -0.39 is 18.6 Å². The van der Waals surface area contributed by atoms with Crippen LogP contribution in [0.25, 0.3) is 0 Å². The number of nitrogens with zero attached hydrogens (tertiary/aromatic N) is 4. The Morgan fingerprint density at radius 2 is 2.04 bits per heavy atom. The van der Waals surface area contributed by atoms with Gasteiger partial charge in [0.2, 0.25) is 11.8 Å². The lowest BCUT2D eigenvalue weighted by atomic mass is 10.1. The summed E-state index contributed by atoms with van der Waals surface area (Å²) in [6.45, 7) is 0.345. The predicted octanol–water partition coefficient (Wildman–Crippen LogP) is 1.37. The van der Waals surface area contributed by atoms with E-state index >= 15 is 0 Å². The topological polar surface area (TPSA) is 58.4 Å². The standard InChI is InChI=1S/C14H17F3N4O2S/c15-14(16,17)9-20-8-11(6-18-20)21-7-10(5-12(21)22)13(23)19-1-3-24-4-2-19/h6,8,10H,1-5,7,9H2. The van der Waals surface area contributed by atoms with E-state index in [0.717, 1.165) is 16.2 Å². The van der Waals surface area contributed by atoms with E-state index in [-0.39, 0.29) is 24.8 Å². The lowest BCUT2D eigenvalue weighted by molar-refractivity contribution is -0.142. The first-order chi connectivity index (χ1) is 11.3. The van der Waals surface area contributed by atoms with Crippen LogP contribution < -0.4 is 4.90 Å². The minimum atomic E-state index is -4.37. The zero-order valence-corrected chi connectivity index (χ0v) is 13.6. The summed E-state index contributed by atoms with van der Waals surface area (Å²) >= 11 is 1.79. The lowest BCUT2D eigenvalue weighted by Gasteiger charge is -2.28. The number of halogens is 3. The lowest BCUT2D eigenvalue weighted by Crippen LogP contribution is -2.42. The molecule has 1 unspecified atom stereocenters. The molecule has 2 fully saturated rings. The van der Waals surface area contributed by atoms with Gasteiger partial charge in [0, 0.05) is 43.8 Å². The van der Waals surface area contributed by atoms with Gasteiger partial charge in [-0.3, -0.25) is 14.3 Å². The van der Waals surface area contributed by atoms with E-state index in [2.05, 4.69) is 5.10 Å². The summed E-state index contributed by atoms with van der Waals surface area (Å²) in [5.41, 5.74) is 0.300. The smallest absolute Gasteiger partial charge is 0.341 e. The van der Waals surface area contributed by atoms with Crippen molar-refractivity contribution in [1.82, 2.24) is 14.7 Å². The van der Waals surface area contributed by atoms with Crippen LogP contribution in [0.2, 0.25) is 0 Å². The third-order valence-electron chi connectivity index (χ3n) is 4.07. The second kappa shape index (κ2) is 6.66. The van der Waals surface area contributed by atoms with Gasteiger partial charge in [-0.15, -0.1) is 0 Å². The highest BCUT2D eigenvalue weighted by Gasteiger charge is 2.38. The van der Waals surface area contributed by atoms with Crippen molar-refractivity contribution in [3.8, 4) is 0 Å². The Bertz CT molecular complexity index is 628. The maximum Gasteiger partial charge on any atom is 0.408 e. The van der Waals surface area contributed by atoms with Crippen LogP contribution in [-0.2, 0) is 16.1 Å².